The molecule has 0 saturated heterocycles. The molecule has 0 bridgehead atoms. The lowest BCUT2D eigenvalue weighted by atomic mass is 9.98. The second kappa shape index (κ2) is 10.7. The van der Waals surface area contributed by atoms with Crippen molar-refractivity contribution in [3.05, 3.63) is 114 Å². The van der Waals surface area contributed by atoms with Gasteiger partial charge < -0.3 is 0 Å². The summed E-state index contributed by atoms with van der Waals surface area (Å²) < 4.78 is 2.03. The third kappa shape index (κ3) is 5.41. The molecule has 0 atom stereocenters. The summed E-state index contributed by atoms with van der Waals surface area (Å²) in [7, 11) is 0. The van der Waals surface area contributed by atoms with Crippen LogP contribution in [0, 0.1) is 0 Å². The average molecular weight is 462 g/mol. The second-order valence-electron chi connectivity index (χ2n) is 8.39. The minimum atomic E-state index is 0.585. The maximum absolute atomic E-state index is 4.85. The highest BCUT2D eigenvalue weighted by Gasteiger charge is 2.13. The largest absolute Gasteiger partial charge is 0.245 e. The Labute approximate surface area is 204 Å². The van der Waals surface area contributed by atoms with Crippen molar-refractivity contribution in [3.8, 4) is 22.5 Å². The summed E-state index contributed by atoms with van der Waals surface area (Å²) in [5.41, 5.74) is 5.58. The first kappa shape index (κ1) is 22.4. The van der Waals surface area contributed by atoms with Crippen molar-refractivity contribution in [2.24, 2.45) is 0 Å². The van der Waals surface area contributed by atoms with E-state index in [1.165, 1.54) is 11.1 Å². The maximum Gasteiger partial charge on any atom is 0.205 e. The number of H-pyrrole nitrogens is 1. The van der Waals surface area contributed by atoms with Crippen molar-refractivity contribution >= 4 is 0 Å². The van der Waals surface area contributed by atoms with Gasteiger partial charge in [0.1, 0.15) is 5.82 Å². The fraction of sp³-hybridized carbons (Fsp3) is 0.179. The monoisotopic (exact) mass is 461 g/mol. The zero-order chi connectivity index (χ0) is 23.9. The predicted molar refractivity (Wildman–Crippen MR) is 137 cm³/mol. The van der Waals surface area contributed by atoms with Crippen LogP contribution in [0.3, 0.4) is 0 Å². The van der Waals surface area contributed by atoms with Crippen molar-refractivity contribution < 1.29 is 0 Å². The molecule has 0 fully saturated rings. The van der Waals surface area contributed by atoms with Crippen molar-refractivity contribution in [2.75, 3.05) is 0 Å². The molecule has 0 amide bonds. The third-order valence-corrected chi connectivity index (χ3v) is 5.95. The number of hydrogen-bond acceptors (Lipinski definition) is 5. The minimum absolute atomic E-state index is 0.585. The van der Waals surface area contributed by atoms with Crippen LogP contribution in [0.1, 0.15) is 29.2 Å². The second-order valence-corrected chi connectivity index (χ2v) is 8.39. The molecule has 0 aliphatic carbocycles. The van der Waals surface area contributed by atoms with Gasteiger partial charge in [-0.3, -0.25) is 0 Å². The number of allylic oxidation sites excluding steroid dienone is 1. The van der Waals surface area contributed by atoms with E-state index in [4.69, 9.17) is 10.1 Å². The van der Waals surface area contributed by atoms with Crippen LogP contribution in [0.15, 0.2) is 91.5 Å². The summed E-state index contributed by atoms with van der Waals surface area (Å²) in [6.07, 6.45) is 5.39. The number of benzene rings is 3. The summed E-state index contributed by atoms with van der Waals surface area (Å²) in [5.74, 6) is 2.47. The van der Waals surface area contributed by atoms with E-state index >= 15 is 0 Å². The number of tetrazole rings is 1. The van der Waals surface area contributed by atoms with Gasteiger partial charge in [-0.2, -0.15) is 10.3 Å². The van der Waals surface area contributed by atoms with E-state index < -0.39 is 0 Å². The number of aromatic amines is 1. The van der Waals surface area contributed by atoms with Gasteiger partial charge in [0.15, 0.2) is 5.82 Å². The SMILES string of the molecule is C=CCCc1nc(CCc2ccccc2)nn1Cc1ccc(-c2ccccc2-c2nn[nH]n2)cc1. The Morgan fingerprint density at radius 2 is 1.57 bits per heavy atom. The average Bonchev–Trinajstić information content (AvgIpc) is 3.58. The number of nitrogens with one attached hydrogen (secondary N) is 1. The van der Waals surface area contributed by atoms with Gasteiger partial charge in [-0.05, 0) is 40.3 Å². The van der Waals surface area contributed by atoms with Crippen LogP contribution in [0.25, 0.3) is 22.5 Å². The Hall–Kier alpha value is -4.39. The number of rotatable bonds is 10. The maximum atomic E-state index is 4.85. The van der Waals surface area contributed by atoms with E-state index in [1.54, 1.807) is 0 Å². The normalized spacial score (nSPS) is 11.0. The molecule has 5 aromatic rings. The van der Waals surface area contributed by atoms with Crippen molar-refractivity contribution in [3.63, 3.8) is 0 Å². The van der Waals surface area contributed by atoms with E-state index in [9.17, 15) is 0 Å². The standard InChI is InChI=1S/C28H27N7/c1-2-3-13-27-29-26(19-16-21-9-5-4-6-10-21)32-35(27)20-22-14-17-23(18-15-22)24-11-7-8-12-25(24)28-30-33-34-31-28/h2,4-12,14-15,17-18H,1,3,13,16,19-20H2,(H,30,31,33,34). The molecule has 2 heterocycles. The van der Waals surface area contributed by atoms with Gasteiger partial charge in [-0.15, -0.1) is 16.8 Å². The smallest absolute Gasteiger partial charge is 0.205 e. The van der Waals surface area contributed by atoms with Crippen LogP contribution in [0.2, 0.25) is 0 Å². The third-order valence-electron chi connectivity index (χ3n) is 5.95. The fourth-order valence-electron chi connectivity index (χ4n) is 4.14. The Bertz CT molecular complexity index is 1370. The molecule has 35 heavy (non-hydrogen) atoms. The summed E-state index contributed by atoms with van der Waals surface area (Å²) in [4.78, 5) is 4.85. The number of aromatic nitrogens is 7. The van der Waals surface area contributed by atoms with E-state index in [2.05, 4.69) is 81.8 Å². The first-order chi connectivity index (χ1) is 17.3. The van der Waals surface area contributed by atoms with Gasteiger partial charge >= 0.3 is 0 Å². The first-order valence-corrected chi connectivity index (χ1v) is 11.8. The molecule has 7 heteroatoms. The molecular weight excluding hydrogens is 434 g/mol. The predicted octanol–water partition coefficient (Wildman–Crippen LogP) is 5.08. The van der Waals surface area contributed by atoms with Crippen LogP contribution in [-0.2, 0) is 25.8 Å². The first-order valence-electron chi connectivity index (χ1n) is 11.8. The lowest BCUT2D eigenvalue weighted by Crippen LogP contribution is -2.07. The molecular formula is C28H27N7. The van der Waals surface area contributed by atoms with Crippen LogP contribution in [-0.4, -0.2) is 35.4 Å². The molecule has 0 aliphatic rings. The van der Waals surface area contributed by atoms with Gasteiger partial charge in [-0.1, -0.05) is 84.9 Å². The highest BCUT2D eigenvalue weighted by molar-refractivity contribution is 5.80. The Balaban J connectivity index is 1.34. The van der Waals surface area contributed by atoms with E-state index in [0.29, 0.717) is 12.4 Å². The number of hydrogen-bond donors (Lipinski definition) is 1. The Morgan fingerprint density at radius 1 is 0.800 bits per heavy atom. The quantitative estimate of drug-likeness (QED) is 0.293. The minimum Gasteiger partial charge on any atom is -0.245 e. The molecule has 3 aromatic carbocycles. The molecule has 5 rings (SSSR count). The molecule has 0 aliphatic heterocycles. The lowest BCUT2D eigenvalue weighted by Gasteiger charge is -2.09. The molecule has 7 nitrogen and oxygen atoms in total. The number of nitrogens with zero attached hydrogens (tertiary/aromatic N) is 6. The highest BCUT2D eigenvalue weighted by atomic mass is 15.5. The van der Waals surface area contributed by atoms with E-state index in [1.807, 2.05) is 35.0 Å². The van der Waals surface area contributed by atoms with Crippen molar-refractivity contribution in [2.45, 2.75) is 32.2 Å². The van der Waals surface area contributed by atoms with Crippen LogP contribution in [0.4, 0.5) is 0 Å². The lowest BCUT2D eigenvalue weighted by molar-refractivity contribution is 0.629. The Kier molecular flexibility index (Phi) is 6.84. The summed E-state index contributed by atoms with van der Waals surface area (Å²) in [6.45, 7) is 4.54. The topological polar surface area (TPSA) is 85.2 Å². The molecule has 2 aromatic heterocycles. The molecule has 0 unspecified atom stereocenters. The summed E-state index contributed by atoms with van der Waals surface area (Å²) in [6, 6.07) is 27.1. The highest BCUT2D eigenvalue weighted by Crippen LogP contribution is 2.29. The van der Waals surface area contributed by atoms with E-state index in [0.717, 1.165) is 54.0 Å². The molecule has 0 radical (unpaired) electrons. The van der Waals surface area contributed by atoms with Gasteiger partial charge in [0.25, 0.3) is 0 Å². The molecule has 0 spiro atoms. The summed E-state index contributed by atoms with van der Waals surface area (Å²) >= 11 is 0. The number of aryl methyl sites for hydroxylation is 3. The zero-order valence-corrected chi connectivity index (χ0v) is 19.5. The van der Waals surface area contributed by atoms with Crippen molar-refractivity contribution in [1.82, 2.24) is 35.4 Å². The molecule has 0 saturated carbocycles. The van der Waals surface area contributed by atoms with E-state index in [-0.39, 0.29) is 0 Å². The summed E-state index contributed by atoms with van der Waals surface area (Å²) in [5, 5.41) is 19.4. The van der Waals surface area contributed by atoms with Crippen LogP contribution >= 0.6 is 0 Å². The van der Waals surface area contributed by atoms with Crippen molar-refractivity contribution in [1.29, 1.82) is 0 Å². The van der Waals surface area contributed by atoms with Gasteiger partial charge in [0.05, 0.1) is 6.54 Å². The van der Waals surface area contributed by atoms with Gasteiger partial charge in [0, 0.05) is 18.4 Å². The van der Waals surface area contributed by atoms with Crippen LogP contribution < -0.4 is 0 Å². The van der Waals surface area contributed by atoms with Gasteiger partial charge in [-0.25, -0.2) is 9.67 Å². The molecule has 174 valence electrons. The van der Waals surface area contributed by atoms with Gasteiger partial charge in [0.2, 0.25) is 5.82 Å². The zero-order valence-electron chi connectivity index (χ0n) is 19.5. The fourth-order valence-corrected chi connectivity index (χ4v) is 4.14. The Morgan fingerprint density at radius 3 is 2.31 bits per heavy atom. The van der Waals surface area contributed by atoms with Crippen LogP contribution in [0.5, 0.6) is 0 Å². The molecule has 1 N–H and O–H groups in total.